The summed E-state index contributed by atoms with van der Waals surface area (Å²) >= 11 is 0. The van der Waals surface area contributed by atoms with E-state index in [9.17, 15) is 5.11 Å². The van der Waals surface area contributed by atoms with Crippen LogP contribution in [0.25, 0.3) is 55.8 Å². The van der Waals surface area contributed by atoms with Gasteiger partial charge in [-0.25, -0.2) is 14.4 Å². The van der Waals surface area contributed by atoms with Crippen LogP contribution in [0.3, 0.4) is 0 Å². The first-order valence-electron chi connectivity index (χ1n) is 12.1. The molecule has 0 fully saturated rings. The molecular weight excluding hydrogens is 483 g/mol. The van der Waals surface area contributed by atoms with Crippen molar-refractivity contribution in [3.05, 3.63) is 73.2 Å². The van der Waals surface area contributed by atoms with Crippen molar-refractivity contribution in [3.8, 4) is 33.8 Å². The van der Waals surface area contributed by atoms with Crippen molar-refractivity contribution in [3.63, 3.8) is 0 Å². The maximum Gasteiger partial charge on any atom is 0.178 e. The Morgan fingerprint density at radius 1 is 0.974 bits per heavy atom. The molecule has 38 heavy (non-hydrogen) atoms. The summed E-state index contributed by atoms with van der Waals surface area (Å²) in [6, 6.07) is 10.9. The molecule has 10 heteroatoms. The third-order valence-corrected chi connectivity index (χ3v) is 6.43. The van der Waals surface area contributed by atoms with Crippen LogP contribution in [0.5, 0.6) is 0 Å². The molecule has 5 heterocycles. The van der Waals surface area contributed by atoms with E-state index < -0.39 is 12.0 Å². The van der Waals surface area contributed by atoms with Gasteiger partial charge in [-0.05, 0) is 30.3 Å². The van der Waals surface area contributed by atoms with Gasteiger partial charge in [-0.2, -0.15) is 5.10 Å². The molecule has 4 N–H and O–H groups in total. The van der Waals surface area contributed by atoms with Crippen LogP contribution in [-0.4, -0.2) is 46.5 Å². The van der Waals surface area contributed by atoms with Crippen LogP contribution < -0.4 is 5.32 Å². The lowest BCUT2D eigenvalue weighted by Crippen LogP contribution is -2.33. The Hall–Kier alpha value is -4.70. The van der Waals surface area contributed by atoms with Crippen molar-refractivity contribution in [2.45, 2.75) is 27.0 Å². The number of aliphatic hydroxyl groups is 1. The van der Waals surface area contributed by atoms with E-state index in [1.807, 2.05) is 39.0 Å². The van der Waals surface area contributed by atoms with E-state index in [4.69, 9.17) is 0 Å². The van der Waals surface area contributed by atoms with Gasteiger partial charge < -0.3 is 15.4 Å². The van der Waals surface area contributed by atoms with E-state index in [1.165, 1.54) is 0 Å². The van der Waals surface area contributed by atoms with Crippen LogP contribution in [0.15, 0.2) is 67.4 Å². The number of rotatable bonds is 5. The molecule has 0 spiro atoms. The van der Waals surface area contributed by atoms with Gasteiger partial charge in [-0.15, -0.1) is 0 Å². The zero-order valence-corrected chi connectivity index (χ0v) is 21.0. The molecule has 0 bridgehead atoms. The van der Waals surface area contributed by atoms with E-state index in [-0.39, 0.29) is 5.41 Å². The molecule has 1 unspecified atom stereocenters. The number of nitrogens with one attached hydrogen (secondary N) is 3. The number of H-pyrrole nitrogens is 2. The van der Waals surface area contributed by atoms with E-state index in [0.29, 0.717) is 50.4 Å². The Bertz CT molecular complexity index is 1770. The predicted octanol–water partition coefficient (Wildman–Crippen LogP) is 5.54. The van der Waals surface area contributed by atoms with E-state index in [2.05, 4.69) is 40.4 Å². The number of hydrogen-bond donors (Lipinski definition) is 4. The third-order valence-electron chi connectivity index (χ3n) is 6.43. The van der Waals surface area contributed by atoms with Crippen molar-refractivity contribution in [1.29, 1.82) is 0 Å². The van der Waals surface area contributed by atoms with Crippen LogP contribution in [0.2, 0.25) is 0 Å². The second-order valence-electron chi connectivity index (χ2n) is 10.2. The summed E-state index contributed by atoms with van der Waals surface area (Å²) < 4.78 is 16.1. The fourth-order valence-corrected chi connectivity index (χ4v) is 4.29. The summed E-state index contributed by atoms with van der Waals surface area (Å²) in [6.45, 7) is 5.76. The van der Waals surface area contributed by atoms with Crippen molar-refractivity contribution in [1.82, 2.24) is 35.1 Å². The molecule has 0 saturated heterocycles. The second-order valence-corrected chi connectivity index (χ2v) is 10.2. The normalized spacial score (nSPS) is 12.8. The quantitative estimate of drug-likeness (QED) is 0.225. The van der Waals surface area contributed by atoms with Crippen LogP contribution in [0.4, 0.5) is 10.1 Å². The highest BCUT2D eigenvalue weighted by Crippen LogP contribution is 2.35. The average molecular weight is 509 g/mol. The van der Waals surface area contributed by atoms with Gasteiger partial charge in [0.05, 0.1) is 28.3 Å². The molecule has 0 amide bonds. The fourth-order valence-electron chi connectivity index (χ4n) is 4.29. The lowest BCUT2D eigenvalue weighted by atomic mass is 9.94. The molecule has 1 aromatic carbocycles. The molecule has 6 rings (SSSR count). The van der Waals surface area contributed by atoms with Crippen LogP contribution >= 0.6 is 0 Å². The maximum atomic E-state index is 16.1. The molecule has 0 saturated carbocycles. The molecule has 190 valence electrons. The van der Waals surface area contributed by atoms with Crippen LogP contribution in [-0.2, 0) is 0 Å². The van der Waals surface area contributed by atoms with Gasteiger partial charge in [-0.3, -0.25) is 15.1 Å². The molecule has 0 aliphatic heterocycles. The van der Waals surface area contributed by atoms with Crippen molar-refractivity contribution in [2.75, 3.05) is 5.32 Å². The van der Waals surface area contributed by atoms with Gasteiger partial charge in [0.2, 0.25) is 0 Å². The van der Waals surface area contributed by atoms with Crippen LogP contribution in [0, 0.1) is 11.2 Å². The molecule has 5 aromatic heterocycles. The number of anilines is 1. The number of pyridine rings is 3. The summed E-state index contributed by atoms with van der Waals surface area (Å²) in [7, 11) is 0. The first-order valence-corrected chi connectivity index (χ1v) is 12.1. The topological polar surface area (TPSA) is 128 Å². The Morgan fingerprint density at radius 3 is 2.61 bits per heavy atom. The lowest BCUT2D eigenvalue weighted by Gasteiger charge is -2.27. The SMILES string of the molecule is CC(C)(C)C(O)Nc1cncc(-c2ccc3[nH]nc(-c4nc5nccc(-c6cccnc6)c5[nH]4)c3c2F)c1. The van der Waals surface area contributed by atoms with Crippen molar-refractivity contribution < 1.29 is 9.50 Å². The number of aliphatic hydroxyl groups excluding tert-OH is 1. The number of imidazole rings is 1. The zero-order chi connectivity index (χ0) is 26.4. The lowest BCUT2D eigenvalue weighted by molar-refractivity contribution is 0.0880. The highest BCUT2D eigenvalue weighted by atomic mass is 19.1. The predicted molar refractivity (Wildman–Crippen MR) is 144 cm³/mol. The number of halogens is 1. The number of aromatic nitrogens is 7. The highest BCUT2D eigenvalue weighted by Gasteiger charge is 2.23. The second kappa shape index (κ2) is 9.00. The summed E-state index contributed by atoms with van der Waals surface area (Å²) in [5.74, 6) is -0.0598. The Balaban J connectivity index is 1.44. The minimum absolute atomic E-state index is 0.303. The number of hydrogen-bond acceptors (Lipinski definition) is 7. The summed E-state index contributed by atoms with van der Waals surface area (Å²) in [5.41, 5.74) is 5.00. The minimum atomic E-state index is -0.800. The maximum absolute atomic E-state index is 16.1. The summed E-state index contributed by atoms with van der Waals surface area (Å²) in [6.07, 6.45) is 7.54. The standard InChI is InChI=1S/C28H25FN8O/c1-28(2,3)27(38)33-17-11-16(13-31-14-17)18-6-7-20-21(22(18)29)24(37-36-20)26-34-23-19(8-10-32-25(23)35-26)15-5-4-9-30-12-15/h4-14,27,33,38H,1-3H3,(H,36,37)(H,32,34,35). The smallest absolute Gasteiger partial charge is 0.178 e. The highest BCUT2D eigenvalue weighted by molar-refractivity contribution is 5.98. The molecule has 0 aliphatic rings. The van der Waals surface area contributed by atoms with E-state index in [0.717, 1.165) is 11.1 Å². The zero-order valence-electron chi connectivity index (χ0n) is 21.0. The summed E-state index contributed by atoms with van der Waals surface area (Å²) in [4.78, 5) is 20.8. The number of aromatic amines is 2. The Labute approximate surface area is 217 Å². The van der Waals surface area contributed by atoms with Crippen molar-refractivity contribution >= 4 is 27.8 Å². The van der Waals surface area contributed by atoms with Crippen LogP contribution in [0.1, 0.15) is 20.8 Å². The molecular formula is C28H25FN8O. The first-order chi connectivity index (χ1) is 18.3. The number of nitrogens with zero attached hydrogens (tertiary/aromatic N) is 5. The Morgan fingerprint density at radius 2 is 1.82 bits per heavy atom. The molecule has 0 aliphatic carbocycles. The monoisotopic (exact) mass is 508 g/mol. The van der Waals surface area contributed by atoms with Gasteiger partial charge in [0, 0.05) is 52.5 Å². The molecule has 6 aromatic rings. The minimum Gasteiger partial charge on any atom is -0.373 e. The van der Waals surface area contributed by atoms with Gasteiger partial charge in [0.15, 0.2) is 11.5 Å². The van der Waals surface area contributed by atoms with E-state index >= 15 is 4.39 Å². The van der Waals surface area contributed by atoms with Gasteiger partial charge >= 0.3 is 0 Å². The van der Waals surface area contributed by atoms with E-state index in [1.54, 1.807) is 49.2 Å². The van der Waals surface area contributed by atoms with Gasteiger partial charge in [-0.1, -0.05) is 26.8 Å². The molecule has 0 radical (unpaired) electrons. The Kier molecular flexibility index (Phi) is 5.61. The van der Waals surface area contributed by atoms with Crippen molar-refractivity contribution in [2.24, 2.45) is 5.41 Å². The third kappa shape index (κ3) is 4.14. The largest absolute Gasteiger partial charge is 0.373 e. The van der Waals surface area contributed by atoms with Gasteiger partial charge in [0.1, 0.15) is 17.7 Å². The first kappa shape index (κ1) is 23.7. The summed E-state index contributed by atoms with van der Waals surface area (Å²) in [5, 5.41) is 21.1. The number of fused-ring (bicyclic) bond motifs is 2. The number of benzene rings is 1. The van der Waals surface area contributed by atoms with Gasteiger partial charge in [0.25, 0.3) is 0 Å². The fraction of sp³-hybridized carbons (Fsp3) is 0.179. The molecule has 9 nitrogen and oxygen atoms in total. The molecule has 1 atom stereocenters. The average Bonchev–Trinajstić information content (AvgIpc) is 3.54.